The molecule has 0 N–H and O–H groups in total. The molecule has 0 aliphatic carbocycles. The Labute approximate surface area is 148 Å². The number of benzene rings is 1. The smallest absolute Gasteiger partial charge is 0.494 e. The zero-order valence-corrected chi connectivity index (χ0v) is 16.5. The van der Waals surface area contributed by atoms with Crippen molar-refractivity contribution in [3.8, 4) is 5.75 Å². The van der Waals surface area contributed by atoms with E-state index in [0.717, 1.165) is 34.6 Å². The summed E-state index contributed by atoms with van der Waals surface area (Å²) in [5.41, 5.74) is 2.44. The number of nitrogens with zero attached hydrogens (tertiary/aromatic N) is 1. The summed E-state index contributed by atoms with van der Waals surface area (Å²) in [5.74, 6) is 0.791. The predicted octanol–water partition coefficient (Wildman–Crippen LogP) is 3.87. The SMILES string of the molecule is CCCc1nc2c(OC)cc(B3OC(C)(C)C(C)(C)O3)c(C)c2s1. The Bertz CT molecular complexity index is 753. The number of aryl methyl sites for hydroxylation is 2. The van der Waals surface area contributed by atoms with Crippen LogP contribution in [-0.4, -0.2) is 30.4 Å². The second-order valence-electron chi connectivity index (χ2n) is 7.42. The van der Waals surface area contributed by atoms with Gasteiger partial charge in [0.25, 0.3) is 0 Å². The second kappa shape index (κ2) is 6.01. The number of fused-ring (bicyclic) bond motifs is 1. The summed E-state index contributed by atoms with van der Waals surface area (Å²) >= 11 is 1.75. The van der Waals surface area contributed by atoms with E-state index in [4.69, 9.17) is 19.0 Å². The summed E-state index contributed by atoms with van der Waals surface area (Å²) in [6, 6.07) is 2.02. The van der Waals surface area contributed by atoms with E-state index in [0.29, 0.717) is 0 Å². The molecule has 4 nitrogen and oxygen atoms in total. The summed E-state index contributed by atoms with van der Waals surface area (Å²) < 4.78 is 19.3. The average Bonchev–Trinajstić information content (AvgIpc) is 2.99. The Morgan fingerprint density at radius 1 is 1.21 bits per heavy atom. The summed E-state index contributed by atoms with van der Waals surface area (Å²) in [5, 5.41) is 1.15. The number of methoxy groups -OCH3 is 1. The summed E-state index contributed by atoms with van der Waals surface area (Å²) in [7, 11) is 1.31. The van der Waals surface area contributed by atoms with Crippen LogP contribution in [0.4, 0.5) is 0 Å². The lowest BCUT2D eigenvalue weighted by atomic mass is 9.76. The van der Waals surface area contributed by atoms with E-state index in [1.807, 2.05) is 6.07 Å². The van der Waals surface area contributed by atoms with Crippen LogP contribution < -0.4 is 10.2 Å². The largest absolute Gasteiger partial charge is 0.495 e. The molecule has 1 aliphatic rings. The molecule has 130 valence electrons. The minimum atomic E-state index is -0.384. The third-order valence-electron chi connectivity index (χ3n) is 5.16. The van der Waals surface area contributed by atoms with Crippen molar-refractivity contribution >= 4 is 34.1 Å². The molecule has 1 aromatic carbocycles. The van der Waals surface area contributed by atoms with Gasteiger partial charge in [0.2, 0.25) is 0 Å². The fraction of sp³-hybridized carbons (Fsp3) is 0.611. The number of hydrogen-bond donors (Lipinski definition) is 0. The Balaban J connectivity index is 2.11. The fourth-order valence-electron chi connectivity index (χ4n) is 2.93. The minimum absolute atomic E-state index is 0.354. The van der Waals surface area contributed by atoms with Crippen molar-refractivity contribution in [3.05, 3.63) is 16.6 Å². The Hall–Kier alpha value is -1.11. The monoisotopic (exact) mass is 347 g/mol. The van der Waals surface area contributed by atoms with Crippen molar-refractivity contribution in [3.63, 3.8) is 0 Å². The zero-order chi connectivity index (χ0) is 17.7. The molecule has 1 fully saturated rings. The van der Waals surface area contributed by atoms with Gasteiger partial charge in [-0.2, -0.15) is 0 Å². The van der Waals surface area contributed by atoms with Crippen LogP contribution in [0.25, 0.3) is 10.2 Å². The molecule has 6 heteroatoms. The molecule has 0 amide bonds. The summed E-state index contributed by atoms with van der Waals surface area (Å²) in [4.78, 5) is 4.77. The van der Waals surface area contributed by atoms with Gasteiger partial charge in [0.1, 0.15) is 11.3 Å². The molecule has 24 heavy (non-hydrogen) atoms. The quantitative estimate of drug-likeness (QED) is 0.788. The molecule has 0 bridgehead atoms. The number of aromatic nitrogens is 1. The highest BCUT2D eigenvalue weighted by Gasteiger charge is 2.52. The van der Waals surface area contributed by atoms with E-state index in [9.17, 15) is 0 Å². The van der Waals surface area contributed by atoms with Crippen molar-refractivity contribution in [2.45, 2.75) is 65.6 Å². The second-order valence-corrected chi connectivity index (χ2v) is 8.50. The number of hydrogen-bond acceptors (Lipinski definition) is 5. The van der Waals surface area contributed by atoms with Gasteiger partial charge < -0.3 is 14.0 Å². The van der Waals surface area contributed by atoms with Crippen molar-refractivity contribution in [2.75, 3.05) is 7.11 Å². The minimum Gasteiger partial charge on any atom is -0.494 e. The highest BCUT2D eigenvalue weighted by Crippen LogP contribution is 2.38. The van der Waals surface area contributed by atoms with E-state index >= 15 is 0 Å². The molecule has 2 heterocycles. The average molecular weight is 347 g/mol. The molecule has 0 spiro atoms. The predicted molar refractivity (Wildman–Crippen MR) is 101 cm³/mol. The summed E-state index contributed by atoms with van der Waals surface area (Å²) in [6.45, 7) is 12.6. The third kappa shape index (κ3) is 2.74. The van der Waals surface area contributed by atoms with E-state index in [2.05, 4.69) is 41.5 Å². The van der Waals surface area contributed by atoms with Gasteiger partial charge >= 0.3 is 7.12 Å². The molecule has 1 aromatic heterocycles. The molecular formula is C18H26BNO3S. The fourth-order valence-corrected chi connectivity index (χ4v) is 4.12. The van der Waals surface area contributed by atoms with Crippen molar-refractivity contribution < 1.29 is 14.0 Å². The third-order valence-corrected chi connectivity index (χ3v) is 6.39. The molecule has 1 saturated heterocycles. The van der Waals surface area contributed by atoms with Crippen molar-refractivity contribution in [1.82, 2.24) is 4.98 Å². The summed E-state index contributed by atoms with van der Waals surface area (Å²) in [6.07, 6.45) is 2.08. The molecule has 0 saturated carbocycles. The Morgan fingerprint density at radius 2 is 1.83 bits per heavy atom. The van der Waals surface area contributed by atoms with Gasteiger partial charge in [-0.05, 0) is 64.6 Å². The first-order valence-corrected chi connectivity index (χ1v) is 9.34. The van der Waals surface area contributed by atoms with Crippen LogP contribution in [0.1, 0.15) is 51.6 Å². The Kier molecular flexibility index (Phi) is 4.43. The highest BCUT2D eigenvalue weighted by atomic mass is 32.1. The van der Waals surface area contributed by atoms with Gasteiger partial charge in [-0.1, -0.05) is 6.92 Å². The zero-order valence-electron chi connectivity index (χ0n) is 15.6. The standard InChI is InChI=1S/C18H26BNO3S/c1-8-9-14-20-15-13(21-7)10-12(11(2)16(15)24-14)19-22-17(3,4)18(5,6)23-19/h10H,8-9H2,1-7H3. The first-order chi connectivity index (χ1) is 11.2. The van der Waals surface area contributed by atoms with Gasteiger partial charge in [0.15, 0.2) is 0 Å². The van der Waals surface area contributed by atoms with E-state index in [1.165, 1.54) is 10.3 Å². The molecule has 2 aromatic rings. The normalized spacial score (nSPS) is 19.2. The maximum atomic E-state index is 6.24. The van der Waals surface area contributed by atoms with Gasteiger partial charge in [0.05, 0.1) is 28.0 Å². The van der Waals surface area contributed by atoms with Gasteiger partial charge in [-0.3, -0.25) is 0 Å². The number of ether oxygens (including phenoxy) is 1. The number of rotatable bonds is 4. The van der Waals surface area contributed by atoms with Gasteiger partial charge in [0, 0.05) is 0 Å². The molecule has 0 atom stereocenters. The Morgan fingerprint density at radius 3 is 2.38 bits per heavy atom. The van der Waals surface area contributed by atoms with Crippen LogP contribution in [-0.2, 0) is 15.7 Å². The lowest BCUT2D eigenvalue weighted by Crippen LogP contribution is -2.41. The maximum Gasteiger partial charge on any atom is 0.495 e. The van der Waals surface area contributed by atoms with Gasteiger partial charge in [-0.25, -0.2) is 4.98 Å². The topological polar surface area (TPSA) is 40.6 Å². The van der Waals surface area contributed by atoms with Crippen LogP contribution in [0.15, 0.2) is 6.07 Å². The molecule has 1 aliphatic heterocycles. The molecule has 0 radical (unpaired) electrons. The van der Waals surface area contributed by atoms with Crippen LogP contribution in [0, 0.1) is 6.92 Å². The van der Waals surface area contributed by atoms with Crippen molar-refractivity contribution in [2.24, 2.45) is 0 Å². The van der Waals surface area contributed by atoms with Crippen LogP contribution in [0.5, 0.6) is 5.75 Å². The van der Waals surface area contributed by atoms with E-state index in [1.54, 1.807) is 18.4 Å². The lowest BCUT2D eigenvalue weighted by molar-refractivity contribution is 0.00578. The van der Waals surface area contributed by atoms with Crippen molar-refractivity contribution in [1.29, 1.82) is 0 Å². The highest BCUT2D eigenvalue weighted by molar-refractivity contribution is 7.19. The van der Waals surface area contributed by atoms with E-state index in [-0.39, 0.29) is 18.3 Å². The molecule has 3 rings (SSSR count). The maximum absolute atomic E-state index is 6.24. The van der Waals surface area contributed by atoms with E-state index < -0.39 is 0 Å². The van der Waals surface area contributed by atoms with Crippen LogP contribution in [0.2, 0.25) is 0 Å². The van der Waals surface area contributed by atoms with Gasteiger partial charge in [-0.15, -0.1) is 11.3 Å². The van der Waals surface area contributed by atoms with Crippen LogP contribution >= 0.6 is 11.3 Å². The molecule has 0 unspecified atom stereocenters. The first kappa shape index (κ1) is 17.7. The lowest BCUT2D eigenvalue weighted by Gasteiger charge is -2.32. The molecular weight excluding hydrogens is 321 g/mol. The number of thiazole rings is 1. The van der Waals surface area contributed by atoms with Crippen LogP contribution in [0.3, 0.4) is 0 Å². The first-order valence-electron chi connectivity index (χ1n) is 8.52.